The average Bonchev–Trinajstić information content (AvgIpc) is 3.22. The van der Waals surface area contributed by atoms with Crippen molar-refractivity contribution in [2.45, 2.75) is 18.3 Å². The topological polar surface area (TPSA) is 64.1 Å². The van der Waals surface area contributed by atoms with Gasteiger partial charge in [0.1, 0.15) is 11.4 Å². The second-order valence-corrected chi connectivity index (χ2v) is 7.58. The van der Waals surface area contributed by atoms with E-state index in [-0.39, 0.29) is 22.5 Å². The van der Waals surface area contributed by atoms with Gasteiger partial charge < -0.3 is 10.1 Å². The Kier molecular flexibility index (Phi) is 6.75. The van der Waals surface area contributed by atoms with Gasteiger partial charge in [0.05, 0.1) is 22.9 Å². The Hall–Kier alpha value is -2.59. The summed E-state index contributed by atoms with van der Waals surface area (Å²) in [6, 6.07) is 11.1. The molecule has 0 spiro atoms. The summed E-state index contributed by atoms with van der Waals surface area (Å²) in [5.41, 5.74) is -0.301. The number of nitrogens with zero attached hydrogens (tertiary/aromatic N) is 2. The summed E-state index contributed by atoms with van der Waals surface area (Å²) < 4.78 is 44.9. The fourth-order valence-electron chi connectivity index (χ4n) is 2.31. The van der Waals surface area contributed by atoms with E-state index in [1.165, 1.54) is 11.3 Å². The molecule has 1 N–H and O–H groups in total. The predicted octanol–water partition coefficient (Wildman–Crippen LogP) is 5.35. The lowest BCUT2D eigenvalue weighted by molar-refractivity contribution is -0.141. The Labute approximate surface area is 173 Å². The highest BCUT2D eigenvalue weighted by Crippen LogP contribution is 2.33. The van der Waals surface area contributed by atoms with Gasteiger partial charge in [0.2, 0.25) is 5.91 Å². The molecule has 0 aliphatic heterocycles. The number of aromatic nitrogens is 2. The van der Waals surface area contributed by atoms with Crippen molar-refractivity contribution in [1.82, 2.24) is 9.97 Å². The largest absolute Gasteiger partial charge is 0.494 e. The minimum atomic E-state index is -4.60. The molecular weight excluding hydrogens is 423 g/mol. The van der Waals surface area contributed by atoms with Gasteiger partial charge in [-0.3, -0.25) is 4.79 Å². The Balaban J connectivity index is 1.69. The first kappa shape index (κ1) is 21.1. The van der Waals surface area contributed by atoms with Gasteiger partial charge in [-0.05, 0) is 48.7 Å². The summed E-state index contributed by atoms with van der Waals surface area (Å²) in [5, 5.41) is 4.32. The van der Waals surface area contributed by atoms with E-state index in [4.69, 9.17) is 4.74 Å². The van der Waals surface area contributed by atoms with Gasteiger partial charge in [-0.15, -0.1) is 11.3 Å². The third kappa shape index (κ3) is 5.94. The van der Waals surface area contributed by atoms with Crippen LogP contribution in [0.3, 0.4) is 0 Å². The lowest BCUT2D eigenvalue weighted by atomic mass is 10.3. The summed E-state index contributed by atoms with van der Waals surface area (Å²) in [6.07, 6.45) is -4.60. The zero-order valence-electron chi connectivity index (χ0n) is 15.2. The molecule has 0 atom stereocenters. The van der Waals surface area contributed by atoms with Crippen molar-refractivity contribution < 1.29 is 22.7 Å². The molecule has 0 unspecified atom stereocenters. The number of thiophene rings is 1. The lowest BCUT2D eigenvalue weighted by Gasteiger charge is -2.10. The molecule has 0 fully saturated rings. The molecule has 0 aliphatic rings. The SMILES string of the molecule is CCOc1ccc(NC(=O)CSc2nc(-c3cccs3)cc(C(F)(F)F)n2)cc1. The second-order valence-electron chi connectivity index (χ2n) is 5.69. The van der Waals surface area contributed by atoms with Crippen LogP contribution in [0.5, 0.6) is 5.75 Å². The molecule has 0 radical (unpaired) electrons. The predicted molar refractivity (Wildman–Crippen MR) is 107 cm³/mol. The first-order valence-corrected chi connectivity index (χ1v) is 10.4. The number of alkyl halides is 3. The highest BCUT2D eigenvalue weighted by atomic mass is 32.2. The maximum Gasteiger partial charge on any atom is 0.433 e. The van der Waals surface area contributed by atoms with E-state index in [9.17, 15) is 18.0 Å². The van der Waals surface area contributed by atoms with Crippen LogP contribution in [-0.2, 0) is 11.0 Å². The molecule has 152 valence electrons. The van der Waals surface area contributed by atoms with E-state index in [0.717, 1.165) is 17.8 Å². The molecular formula is C19H16F3N3O2S2. The number of benzene rings is 1. The van der Waals surface area contributed by atoms with Crippen molar-refractivity contribution in [2.24, 2.45) is 0 Å². The van der Waals surface area contributed by atoms with Gasteiger partial charge in [0, 0.05) is 5.69 Å². The van der Waals surface area contributed by atoms with Gasteiger partial charge in [-0.2, -0.15) is 13.2 Å². The molecule has 0 saturated carbocycles. The zero-order chi connectivity index (χ0) is 20.9. The molecule has 2 heterocycles. The number of carbonyl (C=O) groups excluding carboxylic acids is 1. The summed E-state index contributed by atoms with van der Waals surface area (Å²) in [4.78, 5) is 20.5. The van der Waals surface area contributed by atoms with E-state index in [2.05, 4.69) is 15.3 Å². The van der Waals surface area contributed by atoms with Crippen LogP contribution in [0, 0.1) is 0 Å². The summed E-state index contributed by atoms with van der Waals surface area (Å²) >= 11 is 2.12. The van der Waals surface area contributed by atoms with Crippen molar-refractivity contribution >= 4 is 34.7 Å². The van der Waals surface area contributed by atoms with Crippen molar-refractivity contribution in [3.63, 3.8) is 0 Å². The Morgan fingerprint density at radius 1 is 1.21 bits per heavy atom. The number of ether oxygens (including phenoxy) is 1. The normalized spacial score (nSPS) is 11.3. The number of carbonyl (C=O) groups is 1. The van der Waals surface area contributed by atoms with Gasteiger partial charge in [-0.25, -0.2) is 9.97 Å². The van der Waals surface area contributed by atoms with Gasteiger partial charge in [0.25, 0.3) is 0 Å². The minimum absolute atomic E-state index is 0.106. The number of anilines is 1. The third-order valence-corrected chi connectivity index (χ3v) is 5.29. The van der Waals surface area contributed by atoms with Crippen molar-refractivity contribution in [2.75, 3.05) is 17.7 Å². The standard InChI is InChI=1S/C19H16F3N3O2S2/c1-2-27-13-7-5-12(6-8-13)23-17(26)11-29-18-24-14(15-4-3-9-28-15)10-16(25-18)19(20,21)22/h3-10H,2,11H2,1H3,(H,23,26). The Morgan fingerprint density at radius 2 is 1.97 bits per heavy atom. The first-order chi connectivity index (χ1) is 13.8. The summed E-state index contributed by atoms with van der Waals surface area (Å²) in [7, 11) is 0. The van der Waals surface area contributed by atoms with Crippen molar-refractivity contribution in [3.8, 4) is 16.3 Å². The van der Waals surface area contributed by atoms with E-state index in [1.807, 2.05) is 6.92 Å². The molecule has 1 aromatic carbocycles. The number of amides is 1. The highest BCUT2D eigenvalue weighted by molar-refractivity contribution is 7.99. The zero-order valence-corrected chi connectivity index (χ0v) is 16.8. The fourth-order valence-corrected chi connectivity index (χ4v) is 3.66. The smallest absolute Gasteiger partial charge is 0.433 e. The summed E-state index contributed by atoms with van der Waals surface area (Å²) in [5.74, 6) is 0.175. The van der Waals surface area contributed by atoms with Gasteiger partial charge in [-0.1, -0.05) is 17.8 Å². The van der Waals surface area contributed by atoms with Crippen LogP contribution >= 0.6 is 23.1 Å². The third-order valence-electron chi connectivity index (χ3n) is 3.55. The van der Waals surface area contributed by atoms with Crippen LogP contribution in [0.15, 0.2) is 53.0 Å². The molecule has 3 aromatic rings. The van der Waals surface area contributed by atoms with Crippen LogP contribution < -0.4 is 10.1 Å². The highest BCUT2D eigenvalue weighted by Gasteiger charge is 2.34. The van der Waals surface area contributed by atoms with Crippen LogP contribution in [0.4, 0.5) is 18.9 Å². The number of thioether (sulfide) groups is 1. The molecule has 3 rings (SSSR count). The van der Waals surface area contributed by atoms with Gasteiger partial charge in [0.15, 0.2) is 5.16 Å². The quantitative estimate of drug-likeness (QED) is 0.397. The number of nitrogens with one attached hydrogen (secondary N) is 1. The van der Waals surface area contributed by atoms with Crippen LogP contribution in [0.25, 0.3) is 10.6 Å². The van der Waals surface area contributed by atoms with E-state index >= 15 is 0 Å². The molecule has 0 aliphatic carbocycles. The molecule has 0 saturated heterocycles. The number of hydrogen-bond donors (Lipinski definition) is 1. The Morgan fingerprint density at radius 3 is 2.59 bits per heavy atom. The van der Waals surface area contributed by atoms with Crippen LogP contribution in [-0.4, -0.2) is 28.2 Å². The van der Waals surface area contributed by atoms with Crippen LogP contribution in [0.2, 0.25) is 0 Å². The van der Waals surface area contributed by atoms with Gasteiger partial charge >= 0.3 is 6.18 Å². The van der Waals surface area contributed by atoms with Crippen molar-refractivity contribution in [3.05, 3.63) is 53.5 Å². The second kappa shape index (κ2) is 9.27. The Bertz CT molecular complexity index is 962. The molecule has 10 heteroatoms. The number of halogens is 3. The molecule has 5 nitrogen and oxygen atoms in total. The lowest BCUT2D eigenvalue weighted by Crippen LogP contribution is -2.15. The fraction of sp³-hybridized carbons (Fsp3) is 0.211. The number of rotatable bonds is 7. The molecule has 1 amide bonds. The minimum Gasteiger partial charge on any atom is -0.494 e. The molecule has 0 bridgehead atoms. The maximum absolute atomic E-state index is 13.2. The van der Waals surface area contributed by atoms with E-state index in [0.29, 0.717) is 22.9 Å². The van der Waals surface area contributed by atoms with E-state index in [1.54, 1.807) is 41.8 Å². The first-order valence-electron chi connectivity index (χ1n) is 8.51. The average molecular weight is 439 g/mol. The van der Waals surface area contributed by atoms with Crippen LogP contribution in [0.1, 0.15) is 12.6 Å². The number of hydrogen-bond acceptors (Lipinski definition) is 6. The molecule has 29 heavy (non-hydrogen) atoms. The maximum atomic E-state index is 13.2. The molecule has 2 aromatic heterocycles. The summed E-state index contributed by atoms with van der Waals surface area (Å²) in [6.45, 7) is 2.40. The van der Waals surface area contributed by atoms with E-state index < -0.39 is 11.9 Å². The monoisotopic (exact) mass is 439 g/mol. The van der Waals surface area contributed by atoms with Crippen molar-refractivity contribution in [1.29, 1.82) is 0 Å².